The van der Waals surface area contributed by atoms with E-state index in [0.717, 1.165) is 36.3 Å². The van der Waals surface area contributed by atoms with Crippen LogP contribution < -0.4 is 5.32 Å². The summed E-state index contributed by atoms with van der Waals surface area (Å²) in [5.41, 5.74) is 2.39. The number of ether oxygens (including phenoxy) is 1. The van der Waals surface area contributed by atoms with E-state index in [9.17, 15) is 9.90 Å². The molecule has 18 heavy (non-hydrogen) atoms. The van der Waals surface area contributed by atoms with E-state index in [0.29, 0.717) is 6.61 Å². The Bertz CT molecular complexity index is 451. The van der Waals surface area contributed by atoms with Crippen molar-refractivity contribution in [2.75, 3.05) is 18.5 Å². The normalized spacial score (nSPS) is 19.6. The lowest BCUT2D eigenvalue weighted by Crippen LogP contribution is -2.30. The Hall–Kier alpha value is -1.55. The number of hydrogen-bond acceptors (Lipinski definition) is 3. The Labute approximate surface area is 107 Å². The second-order valence-electron chi connectivity index (χ2n) is 4.86. The first-order valence-corrected chi connectivity index (χ1v) is 6.26. The molecule has 1 aliphatic heterocycles. The van der Waals surface area contributed by atoms with Gasteiger partial charge < -0.3 is 15.2 Å². The van der Waals surface area contributed by atoms with Gasteiger partial charge in [-0.25, -0.2) is 0 Å². The Kier molecular flexibility index (Phi) is 3.87. The number of benzene rings is 1. The zero-order valence-corrected chi connectivity index (χ0v) is 10.8. The SMILES string of the molecule is Cc1cc(NC(=O)C2CCCOC2)c(C)cc1O. The molecule has 1 amide bonds. The number of amides is 1. The minimum atomic E-state index is -0.0627. The fraction of sp³-hybridized carbons (Fsp3) is 0.500. The van der Waals surface area contributed by atoms with Crippen molar-refractivity contribution in [1.82, 2.24) is 0 Å². The average molecular weight is 249 g/mol. The van der Waals surface area contributed by atoms with E-state index in [2.05, 4.69) is 5.32 Å². The molecule has 0 radical (unpaired) electrons. The van der Waals surface area contributed by atoms with Gasteiger partial charge in [0.1, 0.15) is 5.75 Å². The Balaban J connectivity index is 2.08. The lowest BCUT2D eigenvalue weighted by atomic mass is 10.0. The topological polar surface area (TPSA) is 58.6 Å². The van der Waals surface area contributed by atoms with E-state index < -0.39 is 0 Å². The monoisotopic (exact) mass is 249 g/mol. The number of carbonyl (C=O) groups is 1. The van der Waals surface area contributed by atoms with Crippen molar-refractivity contribution in [3.63, 3.8) is 0 Å². The Morgan fingerprint density at radius 2 is 2.17 bits per heavy atom. The minimum absolute atomic E-state index is 0.00268. The first-order valence-electron chi connectivity index (χ1n) is 6.26. The van der Waals surface area contributed by atoms with Crippen LogP contribution in [-0.4, -0.2) is 24.2 Å². The molecule has 1 unspecified atom stereocenters. The molecular formula is C14H19NO3. The second kappa shape index (κ2) is 5.40. The summed E-state index contributed by atoms with van der Waals surface area (Å²) in [7, 11) is 0. The highest BCUT2D eigenvalue weighted by atomic mass is 16.5. The number of rotatable bonds is 2. The predicted molar refractivity (Wildman–Crippen MR) is 69.8 cm³/mol. The first-order chi connectivity index (χ1) is 8.58. The highest BCUT2D eigenvalue weighted by Gasteiger charge is 2.22. The third kappa shape index (κ3) is 2.82. The zero-order chi connectivity index (χ0) is 13.1. The molecule has 1 saturated heterocycles. The predicted octanol–water partition coefficient (Wildman–Crippen LogP) is 2.37. The summed E-state index contributed by atoms with van der Waals surface area (Å²) in [5, 5.41) is 12.5. The van der Waals surface area contributed by atoms with Crippen molar-refractivity contribution in [3.05, 3.63) is 23.3 Å². The molecule has 1 heterocycles. The highest BCUT2D eigenvalue weighted by Crippen LogP contribution is 2.26. The lowest BCUT2D eigenvalue weighted by molar-refractivity contribution is -0.123. The maximum absolute atomic E-state index is 12.1. The van der Waals surface area contributed by atoms with Crippen LogP contribution in [0.2, 0.25) is 0 Å². The fourth-order valence-corrected chi connectivity index (χ4v) is 2.12. The van der Waals surface area contributed by atoms with Gasteiger partial charge in [-0.3, -0.25) is 4.79 Å². The van der Waals surface area contributed by atoms with E-state index in [1.807, 2.05) is 13.8 Å². The van der Waals surface area contributed by atoms with Crippen LogP contribution in [0.1, 0.15) is 24.0 Å². The van der Waals surface area contributed by atoms with Crippen molar-refractivity contribution >= 4 is 11.6 Å². The average Bonchev–Trinajstić information content (AvgIpc) is 2.37. The number of carbonyl (C=O) groups excluding carboxylic acids is 1. The number of aryl methyl sites for hydroxylation is 2. The third-order valence-electron chi connectivity index (χ3n) is 3.33. The maximum Gasteiger partial charge on any atom is 0.229 e. The summed E-state index contributed by atoms with van der Waals surface area (Å²) in [4.78, 5) is 12.1. The molecule has 4 nitrogen and oxygen atoms in total. The number of nitrogens with one attached hydrogen (secondary N) is 1. The zero-order valence-electron chi connectivity index (χ0n) is 10.8. The molecule has 0 saturated carbocycles. The number of aromatic hydroxyl groups is 1. The Morgan fingerprint density at radius 1 is 1.39 bits per heavy atom. The number of hydrogen-bond donors (Lipinski definition) is 2. The molecule has 1 aromatic carbocycles. The second-order valence-corrected chi connectivity index (χ2v) is 4.86. The van der Waals surface area contributed by atoms with Gasteiger partial charge in [0.2, 0.25) is 5.91 Å². The van der Waals surface area contributed by atoms with Crippen LogP contribution in [0.25, 0.3) is 0 Å². The van der Waals surface area contributed by atoms with Gasteiger partial charge in [-0.1, -0.05) is 0 Å². The van der Waals surface area contributed by atoms with Gasteiger partial charge in [0.15, 0.2) is 0 Å². The van der Waals surface area contributed by atoms with Crippen LogP contribution in [0.5, 0.6) is 5.75 Å². The molecule has 1 aliphatic rings. The van der Waals surface area contributed by atoms with Gasteiger partial charge in [-0.15, -0.1) is 0 Å². The molecular weight excluding hydrogens is 230 g/mol. The van der Waals surface area contributed by atoms with Crippen LogP contribution in [0.3, 0.4) is 0 Å². The molecule has 0 aromatic heterocycles. The van der Waals surface area contributed by atoms with Crippen LogP contribution in [0.4, 0.5) is 5.69 Å². The van der Waals surface area contributed by atoms with E-state index in [-0.39, 0.29) is 17.6 Å². The minimum Gasteiger partial charge on any atom is -0.508 e. The molecule has 98 valence electrons. The molecule has 2 rings (SSSR count). The summed E-state index contributed by atoms with van der Waals surface area (Å²) >= 11 is 0. The van der Waals surface area contributed by atoms with Crippen LogP contribution >= 0.6 is 0 Å². The summed E-state index contributed by atoms with van der Waals surface area (Å²) < 4.78 is 5.31. The van der Waals surface area contributed by atoms with Crippen LogP contribution in [0.15, 0.2) is 12.1 Å². The largest absolute Gasteiger partial charge is 0.508 e. The molecule has 4 heteroatoms. The number of phenols is 1. The van der Waals surface area contributed by atoms with Crippen LogP contribution in [-0.2, 0) is 9.53 Å². The quantitative estimate of drug-likeness (QED) is 0.791. The Morgan fingerprint density at radius 3 is 2.83 bits per heavy atom. The molecule has 1 atom stereocenters. The van der Waals surface area contributed by atoms with Gasteiger partial charge in [-0.05, 0) is 49.9 Å². The molecule has 0 bridgehead atoms. The van der Waals surface area contributed by atoms with Gasteiger partial charge in [-0.2, -0.15) is 0 Å². The first kappa shape index (κ1) is 12.9. The fourth-order valence-electron chi connectivity index (χ4n) is 2.12. The van der Waals surface area contributed by atoms with Gasteiger partial charge >= 0.3 is 0 Å². The van der Waals surface area contributed by atoms with Crippen molar-refractivity contribution in [3.8, 4) is 5.75 Å². The standard InChI is InChI=1S/C14H19NO3/c1-9-7-13(16)10(2)6-12(9)15-14(17)11-4-3-5-18-8-11/h6-7,11,16H,3-5,8H2,1-2H3,(H,15,17). The van der Waals surface area contributed by atoms with Crippen molar-refractivity contribution in [2.24, 2.45) is 5.92 Å². The summed E-state index contributed by atoms with van der Waals surface area (Å²) in [5.74, 6) is 0.196. The van der Waals surface area contributed by atoms with Gasteiger partial charge in [0.05, 0.1) is 12.5 Å². The number of anilines is 1. The van der Waals surface area contributed by atoms with Crippen molar-refractivity contribution in [2.45, 2.75) is 26.7 Å². The van der Waals surface area contributed by atoms with E-state index in [1.54, 1.807) is 12.1 Å². The van der Waals surface area contributed by atoms with E-state index >= 15 is 0 Å². The van der Waals surface area contributed by atoms with E-state index in [4.69, 9.17) is 4.74 Å². The molecule has 1 aromatic rings. The van der Waals surface area contributed by atoms with Gasteiger partial charge in [0, 0.05) is 12.3 Å². The van der Waals surface area contributed by atoms with Gasteiger partial charge in [0.25, 0.3) is 0 Å². The summed E-state index contributed by atoms with van der Waals surface area (Å²) in [6, 6.07) is 3.47. The summed E-state index contributed by atoms with van der Waals surface area (Å²) in [6.45, 7) is 4.93. The molecule has 2 N–H and O–H groups in total. The third-order valence-corrected chi connectivity index (χ3v) is 3.33. The van der Waals surface area contributed by atoms with Crippen LogP contribution in [0, 0.1) is 19.8 Å². The van der Waals surface area contributed by atoms with E-state index in [1.165, 1.54) is 0 Å². The summed E-state index contributed by atoms with van der Waals surface area (Å²) in [6.07, 6.45) is 1.81. The number of phenolic OH excluding ortho intramolecular Hbond substituents is 1. The van der Waals surface area contributed by atoms with Crippen molar-refractivity contribution in [1.29, 1.82) is 0 Å². The molecule has 0 spiro atoms. The smallest absolute Gasteiger partial charge is 0.229 e. The molecule has 0 aliphatic carbocycles. The van der Waals surface area contributed by atoms with Crippen molar-refractivity contribution < 1.29 is 14.6 Å². The maximum atomic E-state index is 12.1. The molecule has 1 fully saturated rings. The highest BCUT2D eigenvalue weighted by molar-refractivity contribution is 5.93. The lowest BCUT2D eigenvalue weighted by Gasteiger charge is -2.22.